The predicted molar refractivity (Wildman–Crippen MR) is 131 cm³/mol. The summed E-state index contributed by atoms with van der Waals surface area (Å²) in [6.07, 6.45) is 5.50. The van der Waals surface area contributed by atoms with Crippen LogP contribution in [0.1, 0.15) is 58.4 Å². The Morgan fingerprint density at radius 1 is 0.879 bits per heavy atom. The third-order valence-electron chi connectivity index (χ3n) is 5.81. The Kier molecular flexibility index (Phi) is 7.63. The maximum absolute atomic E-state index is 12.9. The number of hydrogen-bond donors (Lipinski definition) is 2. The molecule has 170 valence electrons. The van der Waals surface area contributed by atoms with E-state index in [4.69, 9.17) is 16.3 Å². The number of carbonyl (C=O) groups excluding carboxylic acids is 2. The number of hydrogen-bond acceptors (Lipinski definition) is 3. The minimum Gasteiger partial charge on any atom is -0.489 e. The molecule has 6 heteroatoms. The molecule has 1 aliphatic carbocycles. The zero-order valence-corrected chi connectivity index (χ0v) is 19.1. The van der Waals surface area contributed by atoms with Crippen LogP contribution in [0.5, 0.6) is 5.75 Å². The van der Waals surface area contributed by atoms with Gasteiger partial charge < -0.3 is 15.4 Å². The van der Waals surface area contributed by atoms with Crippen LogP contribution in [0.4, 0.5) is 5.69 Å². The number of carbonyl (C=O) groups is 2. The Morgan fingerprint density at radius 3 is 2.45 bits per heavy atom. The highest BCUT2D eigenvalue weighted by Gasteiger charge is 2.19. The molecule has 3 aromatic carbocycles. The lowest BCUT2D eigenvalue weighted by atomic mass is 9.95. The fourth-order valence-electron chi connectivity index (χ4n) is 4.00. The van der Waals surface area contributed by atoms with Crippen LogP contribution in [0, 0.1) is 0 Å². The average molecular weight is 463 g/mol. The third-order valence-corrected chi connectivity index (χ3v) is 6.18. The molecule has 1 fully saturated rings. The summed E-state index contributed by atoms with van der Waals surface area (Å²) >= 11 is 6.19. The normalized spacial score (nSPS) is 13.8. The summed E-state index contributed by atoms with van der Waals surface area (Å²) < 4.78 is 5.83. The first-order chi connectivity index (χ1) is 16.1. The van der Waals surface area contributed by atoms with E-state index in [2.05, 4.69) is 10.6 Å². The number of benzene rings is 3. The standard InChI is InChI=1S/C27H27ClN2O3/c28-24-15-6-4-9-20(24)18-33-22-13-8-10-19(17-22)26(31)30-25-16-7-5-14-23(25)27(32)29-21-11-2-1-3-12-21/h4-10,13-17,21H,1-3,11-12,18H2,(H,29,32)(H,30,31). The van der Waals surface area contributed by atoms with Crippen LogP contribution in [0.25, 0.3) is 0 Å². The molecule has 0 spiro atoms. The number of nitrogens with one attached hydrogen (secondary N) is 2. The Bertz CT molecular complexity index is 1130. The molecular formula is C27H27ClN2O3. The third kappa shape index (κ3) is 6.14. The maximum Gasteiger partial charge on any atom is 0.255 e. The summed E-state index contributed by atoms with van der Waals surface area (Å²) in [6.45, 7) is 0.301. The van der Waals surface area contributed by atoms with Crippen molar-refractivity contribution in [3.63, 3.8) is 0 Å². The molecule has 2 N–H and O–H groups in total. The summed E-state index contributed by atoms with van der Waals surface area (Å²) in [7, 11) is 0. The van der Waals surface area contributed by atoms with Crippen molar-refractivity contribution in [1.82, 2.24) is 5.32 Å². The summed E-state index contributed by atoms with van der Waals surface area (Å²) in [5.74, 6) is 0.0941. The smallest absolute Gasteiger partial charge is 0.255 e. The van der Waals surface area contributed by atoms with Crippen LogP contribution in [0.15, 0.2) is 72.8 Å². The molecule has 1 aliphatic rings. The van der Waals surface area contributed by atoms with Crippen molar-refractivity contribution in [2.45, 2.75) is 44.8 Å². The zero-order chi connectivity index (χ0) is 23.0. The van der Waals surface area contributed by atoms with Gasteiger partial charge in [-0.3, -0.25) is 9.59 Å². The second-order valence-corrected chi connectivity index (χ2v) is 8.62. The predicted octanol–water partition coefficient (Wildman–Crippen LogP) is 6.23. The largest absolute Gasteiger partial charge is 0.489 e. The summed E-state index contributed by atoms with van der Waals surface area (Å²) in [6, 6.07) is 21.7. The number of para-hydroxylation sites is 1. The highest BCUT2D eigenvalue weighted by Crippen LogP contribution is 2.22. The highest BCUT2D eigenvalue weighted by molar-refractivity contribution is 6.31. The molecule has 0 atom stereocenters. The minimum absolute atomic E-state index is 0.158. The Labute approximate surface area is 199 Å². The van der Waals surface area contributed by atoms with Gasteiger partial charge in [0.1, 0.15) is 12.4 Å². The molecule has 5 nitrogen and oxygen atoms in total. The van der Waals surface area contributed by atoms with Crippen LogP contribution < -0.4 is 15.4 Å². The van der Waals surface area contributed by atoms with Crippen LogP contribution in [-0.4, -0.2) is 17.9 Å². The SMILES string of the molecule is O=C(Nc1ccccc1C(=O)NC1CCCCC1)c1cccc(OCc2ccccc2Cl)c1. The number of anilines is 1. The molecule has 33 heavy (non-hydrogen) atoms. The monoisotopic (exact) mass is 462 g/mol. The Balaban J connectivity index is 1.42. The summed E-state index contributed by atoms with van der Waals surface area (Å²) in [5.41, 5.74) is 2.25. The Hall–Kier alpha value is -3.31. The van der Waals surface area contributed by atoms with Crippen LogP contribution in [0.2, 0.25) is 5.02 Å². The molecule has 0 saturated heterocycles. The number of halogens is 1. The van der Waals surface area contributed by atoms with Gasteiger partial charge in [0.15, 0.2) is 0 Å². The van der Waals surface area contributed by atoms with Crippen molar-refractivity contribution in [1.29, 1.82) is 0 Å². The molecule has 0 radical (unpaired) electrons. The maximum atomic E-state index is 12.9. The van der Waals surface area contributed by atoms with Gasteiger partial charge in [0.05, 0.1) is 11.3 Å². The molecule has 0 aromatic heterocycles. The molecule has 1 saturated carbocycles. The number of ether oxygens (including phenoxy) is 1. The number of amides is 2. The van der Waals surface area contributed by atoms with Gasteiger partial charge in [0.2, 0.25) is 0 Å². The van der Waals surface area contributed by atoms with Gasteiger partial charge in [-0.05, 0) is 49.2 Å². The molecule has 0 unspecified atom stereocenters. The molecule has 0 heterocycles. The van der Waals surface area contributed by atoms with Gasteiger partial charge in [-0.15, -0.1) is 0 Å². The molecular weight excluding hydrogens is 436 g/mol. The van der Waals surface area contributed by atoms with Crippen LogP contribution >= 0.6 is 11.6 Å². The van der Waals surface area contributed by atoms with E-state index in [0.29, 0.717) is 34.2 Å². The molecule has 0 bridgehead atoms. The van der Waals surface area contributed by atoms with E-state index in [1.165, 1.54) is 6.42 Å². The molecule has 2 amide bonds. The first-order valence-electron chi connectivity index (χ1n) is 11.3. The van der Waals surface area contributed by atoms with Gasteiger partial charge >= 0.3 is 0 Å². The van der Waals surface area contributed by atoms with Crippen molar-refractivity contribution < 1.29 is 14.3 Å². The topological polar surface area (TPSA) is 67.4 Å². The van der Waals surface area contributed by atoms with Gasteiger partial charge in [-0.25, -0.2) is 0 Å². The van der Waals surface area contributed by atoms with Crippen molar-refractivity contribution in [2.75, 3.05) is 5.32 Å². The van der Waals surface area contributed by atoms with Gasteiger partial charge in [0.25, 0.3) is 11.8 Å². The van der Waals surface area contributed by atoms with Gasteiger partial charge in [0, 0.05) is 22.2 Å². The Morgan fingerprint density at radius 2 is 1.64 bits per heavy atom. The molecule has 3 aromatic rings. The van der Waals surface area contributed by atoms with E-state index >= 15 is 0 Å². The van der Waals surface area contributed by atoms with Gasteiger partial charge in [-0.2, -0.15) is 0 Å². The average Bonchev–Trinajstić information content (AvgIpc) is 2.84. The van der Waals surface area contributed by atoms with Crippen molar-refractivity contribution >= 4 is 29.1 Å². The fraction of sp³-hybridized carbons (Fsp3) is 0.259. The lowest BCUT2D eigenvalue weighted by Gasteiger charge is -2.23. The summed E-state index contributed by atoms with van der Waals surface area (Å²) in [4.78, 5) is 25.8. The summed E-state index contributed by atoms with van der Waals surface area (Å²) in [5, 5.41) is 6.63. The van der Waals surface area contributed by atoms with Crippen LogP contribution in [0.3, 0.4) is 0 Å². The van der Waals surface area contributed by atoms with Gasteiger partial charge in [-0.1, -0.05) is 67.3 Å². The first-order valence-corrected chi connectivity index (χ1v) is 11.7. The quantitative estimate of drug-likeness (QED) is 0.437. The number of rotatable bonds is 7. The van der Waals surface area contributed by atoms with E-state index < -0.39 is 0 Å². The highest BCUT2D eigenvalue weighted by atomic mass is 35.5. The van der Waals surface area contributed by atoms with Crippen molar-refractivity contribution in [3.05, 3.63) is 94.5 Å². The minimum atomic E-state index is -0.309. The van der Waals surface area contributed by atoms with E-state index in [-0.39, 0.29) is 17.9 Å². The van der Waals surface area contributed by atoms with Crippen LogP contribution in [-0.2, 0) is 6.61 Å². The lowest BCUT2D eigenvalue weighted by molar-refractivity contribution is 0.0928. The lowest BCUT2D eigenvalue weighted by Crippen LogP contribution is -2.36. The second-order valence-electron chi connectivity index (χ2n) is 8.22. The van der Waals surface area contributed by atoms with E-state index in [0.717, 1.165) is 31.2 Å². The van der Waals surface area contributed by atoms with E-state index in [1.807, 2.05) is 24.3 Å². The first kappa shape index (κ1) is 22.9. The second kappa shape index (κ2) is 11.0. The van der Waals surface area contributed by atoms with E-state index in [1.54, 1.807) is 48.5 Å². The zero-order valence-electron chi connectivity index (χ0n) is 18.4. The van der Waals surface area contributed by atoms with Crippen molar-refractivity contribution in [3.8, 4) is 5.75 Å². The molecule has 0 aliphatic heterocycles. The molecule has 4 rings (SSSR count). The van der Waals surface area contributed by atoms with E-state index in [9.17, 15) is 9.59 Å². The van der Waals surface area contributed by atoms with Crippen molar-refractivity contribution in [2.24, 2.45) is 0 Å². The fourth-order valence-corrected chi connectivity index (χ4v) is 4.19.